The van der Waals surface area contributed by atoms with Crippen LogP contribution < -0.4 is 5.30 Å². The maximum atomic E-state index is 13.1. The lowest BCUT2D eigenvalue weighted by atomic mass is 9.99. The molecule has 0 radical (unpaired) electrons. The summed E-state index contributed by atoms with van der Waals surface area (Å²) in [5, 5.41) is 1.63. The fourth-order valence-electron chi connectivity index (χ4n) is 5.26. The van der Waals surface area contributed by atoms with E-state index in [2.05, 4.69) is 56.3 Å². The van der Waals surface area contributed by atoms with Crippen LogP contribution in [0.15, 0.2) is 24.3 Å². The molecule has 0 aliphatic heterocycles. The van der Waals surface area contributed by atoms with Crippen molar-refractivity contribution in [2.45, 2.75) is 114 Å². The molecule has 2 saturated carbocycles. The second kappa shape index (κ2) is 10.4. The predicted molar refractivity (Wildman–Crippen MR) is 131 cm³/mol. The maximum absolute atomic E-state index is 13.1. The van der Waals surface area contributed by atoms with Crippen molar-refractivity contribution in [1.29, 1.82) is 0 Å². The molecule has 0 heterocycles. The quantitative estimate of drug-likeness (QED) is 0.444. The zero-order valence-corrected chi connectivity index (χ0v) is 21.0. The van der Waals surface area contributed by atoms with Crippen LogP contribution in [0.3, 0.4) is 0 Å². The smallest absolute Gasteiger partial charge is 0.1000 e. The average Bonchev–Trinajstić information content (AvgIpc) is 2.73. The van der Waals surface area contributed by atoms with Crippen LogP contribution in [0, 0.1) is 0 Å². The van der Waals surface area contributed by atoms with E-state index in [0.717, 1.165) is 11.3 Å². The maximum Gasteiger partial charge on any atom is 0.1000 e. The minimum Gasteiger partial charge on any atom is -0.242 e. The molecule has 1 aromatic carbocycles. The Morgan fingerprint density at radius 3 is 1.90 bits per heavy atom. The Bertz CT molecular complexity index is 656. The highest BCUT2D eigenvalue weighted by Gasteiger charge is 2.35. The third kappa shape index (κ3) is 5.72. The summed E-state index contributed by atoms with van der Waals surface area (Å²) < 4.78 is 15.0. The van der Waals surface area contributed by atoms with Crippen molar-refractivity contribution in [2.75, 3.05) is 7.05 Å². The highest BCUT2D eigenvalue weighted by Crippen LogP contribution is 2.55. The Morgan fingerprint density at radius 2 is 1.41 bits per heavy atom. The molecule has 0 bridgehead atoms. The van der Waals surface area contributed by atoms with Crippen LogP contribution in [0.4, 0.5) is 0 Å². The van der Waals surface area contributed by atoms with Gasteiger partial charge in [-0.25, -0.2) is 8.51 Å². The summed E-state index contributed by atoms with van der Waals surface area (Å²) in [4.78, 5) is 0. The van der Waals surface area contributed by atoms with Crippen LogP contribution in [-0.2, 0) is 11.0 Å². The van der Waals surface area contributed by atoms with Crippen molar-refractivity contribution in [2.24, 2.45) is 0 Å². The summed E-state index contributed by atoms with van der Waals surface area (Å²) in [5.41, 5.74) is 3.23. The average molecular weight is 436 g/mol. The lowest BCUT2D eigenvalue weighted by Gasteiger charge is -2.41. The van der Waals surface area contributed by atoms with Gasteiger partial charge in [-0.1, -0.05) is 70.7 Å². The molecule has 164 valence electrons. The fourth-order valence-corrected chi connectivity index (χ4v) is 10.6. The first-order valence-electron chi connectivity index (χ1n) is 11.8. The second-order valence-corrected chi connectivity index (χ2v) is 15.2. The van der Waals surface area contributed by atoms with Crippen molar-refractivity contribution in [3.05, 3.63) is 29.8 Å². The van der Waals surface area contributed by atoms with Gasteiger partial charge in [0.2, 0.25) is 0 Å². The van der Waals surface area contributed by atoms with Crippen molar-refractivity contribution < 1.29 is 4.21 Å². The normalized spacial score (nSPS) is 22.2. The van der Waals surface area contributed by atoms with Gasteiger partial charge in [-0.2, -0.15) is 0 Å². The van der Waals surface area contributed by atoms with E-state index in [0.29, 0.717) is 0 Å². The highest BCUT2D eigenvalue weighted by atomic mass is 32.2. The molecular weight excluding hydrogens is 393 g/mol. The third-order valence-electron chi connectivity index (χ3n) is 6.93. The van der Waals surface area contributed by atoms with Gasteiger partial charge in [0.15, 0.2) is 0 Å². The van der Waals surface area contributed by atoms with Gasteiger partial charge in [-0.15, -0.1) is 0 Å². The monoisotopic (exact) mass is 435 g/mol. The third-order valence-corrected chi connectivity index (χ3v) is 12.4. The summed E-state index contributed by atoms with van der Waals surface area (Å²) in [6, 6.07) is 9.40. The molecule has 2 aliphatic rings. The molecule has 0 amide bonds. The molecule has 0 N–H and O–H groups in total. The standard InChI is InChI=1S/C25H42NOPS/c1-20(26(5)29(27)25(2,3)4)23-18-12-13-19-24(23)28(21-14-8-6-9-15-21)22-16-10-7-11-17-22/h12-13,18-22H,6-11,14-17H2,1-5H3/t20-,29?/m0/s1. The summed E-state index contributed by atoms with van der Waals surface area (Å²) in [6.07, 6.45) is 14.2. The number of hydrogen-bond acceptors (Lipinski definition) is 1. The van der Waals surface area contributed by atoms with Gasteiger partial charge in [-0.3, -0.25) is 0 Å². The van der Waals surface area contributed by atoms with Crippen molar-refractivity contribution in [3.63, 3.8) is 0 Å². The summed E-state index contributed by atoms with van der Waals surface area (Å²) in [6.45, 7) is 8.50. The summed E-state index contributed by atoms with van der Waals surface area (Å²) in [7, 11) is 0.902. The van der Waals surface area contributed by atoms with Gasteiger partial charge in [0, 0.05) is 13.1 Å². The number of nitrogens with zero attached hydrogens (tertiary/aromatic N) is 1. The molecule has 0 spiro atoms. The topological polar surface area (TPSA) is 20.3 Å². The van der Waals surface area contributed by atoms with E-state index in [-0.39, 0.29) is 18.7 Å². The first-order chi connectivity index (χ1) is 13.8. The molecule has 3 rings (SSSR count). The fraction of sp³-hybridized carbons (Fsp3) is 0.760. The van der Waals surface area contributed by atoms with Crippen LogP contribution in [0.2, 0.25) is 0 Å². The number of benzene rings is 1. The minimum absolute atomic E-state index is 0.143. The van der Waals surface area contributed by atoms with Gasteiger partial charge in [0.25, 0.3) is 0 Å². The molecule has 1 unspecified atom stereocenters. The predicted octanol–water partition coefficient (Wildman–Crippen LogP) is 6.91. The molecule has 0 saturated heterocycles. The molecule has 0 aromatic heterocycles. The zero-order valence-electron chi connectivity index (χ0n) is 19.3. The van der Waals surface area contributed by atoms with Gasteiger partial charge in [0.05, 0.1) is 15.7 Å². The molecule has 4 heteroatoms. The first-order valence-corrected chi connectivity index (χ1v) is 14.4. The van der Waals surface area contributed by atoms with Crippen molar-refractivity contribution in [3.8, 4) is 0 Å². The van der Waals surface area contributed by atoms with Gasteiger partial charge >= 0.3 is 0 Å². The zero-order chi connectivity index (χ0) is 21.0. The van der Waals surface area contributed by atoms with Crippen LogP contribution in [0.25, 0.3) is 0 Å². The van der Waals surface area contributed by atoms with Gasteiger partial charge in [0.1, 0.15) is 0 Å². The van der Waals surface area contributed by atoms with Crippen molar-refractivity contribution >= 4 is 24.2 Å². The first kappa shape index (κ1) is 23.4. The molecular formula is C25H42NOPS. The molecule has 2 atom stereocenters. The van der Waals surface area contributed by atoms with Crippen LogP contribution in [0.1, 0.15) is 104 Å². The molecule has 29 heavy (non-hydrogen) atoms. The Balaban J connectivity index is 1.95. The lowest BCUT2D eigenvalue weighted by molar-refractivity contribution is 0.418. The second-order valence-electron chi connectivity index (χ2n) is 10.1. The van der Waals surface area contributed by atoms with E-state index >= 15 is 0 Å². The van der Waals surface area contributed by atoms with Gasteiger partial charge in [-0.05, 0) is 75.6 Å². The van der Waals surface area contributed by atoms with E-state index in [1.54, 1.807) is 5.30 Å². The molecule has 1 aromatic rings. The largest absolute Gasteiger partial charge is 0.242 e. The Morgan fingerprint density at radius 1 is 0.931 bits per heavy atom. The number of hydrogen-bond donors (Lipinski definition) is 0. The van der Waals surface area contributed by atoms with E-state index < -0.39 is 11.0 Å². The van der Waals surface area contributed by atoms with Gasteiger partial charge < -0.3 is 0 Å². The Kier molecular flexibility index (Phi) is 8.38. The van der Waals surface area contributed by atoms with Crippen molar-refractivity contribution in [1.82, 2.24) is 4.31 Å². The Labute approximate surface area is 183 Å². The SMILES string of the molecule is C[C@@H](c1ccccc1P(C1CCCCC1)C1CCCCC1)N(C)S(=O)C(C)(C)C. The molecule has 2 fully saturated rings. The highest BCUT2D eigenvalue weighted by molar-refractivity contribution is 7.84. The Hall–Kier alpha value is -0.240. The summed E-state index contributed by atoms with van der Waals surface area (Å²) >= 11 is 0. The van der Waals surface area contributed by atoms with E-state index in [9.17, 15) is 4.21 Å². The van der Waals surface area contributed by atoms with E-state index in [4.69, 9.17) is 0 Å². The molecule has 2 aliphatic carbocycles. The van der Waals surface area contributed by atoms with Crippen LogP contribution >= 0.6 is 7.92 Å². The van der Waals surface area contributed by atoms with Crippen LogP contribution in [0.5, 0.6) is 0 Å². The lowest BCUT2D eigenvalue weighted by Crippen LogP contribution is -2.38. The minimum atomic E-state index is -1.00. The van der Waals surface area contributed by atoms with E-state index in [1.807, 2.05) is 7.05 Å². The number of rotatable bonds is 6. The van der Waals surface area contributed by atoms with E-state index in [1.165, 1.54) is 69.8 Å². The van der Waals surface area contributed by atoms with Crippen LogP contribution in [-0.4, -0.2) is 31.6 Å². The summed E-state index contributed by atoms with van der Waals surface area (Å²) in [5.74, 6) is 0. The molecule has 2 nitrogen and oxygen atoms in total.